The summed E-state index contributed by atoms with van der Waals surface area (Å²) in [5.74, 6) is 2.56. The van der Waals surface area contributed by atoms with Gasteiger partial charge in [-0.05, 0) is 115 Å². The molecule has 0 aliphatic carbocycles. The smallest absolute Gasteiger partial charge is 0.397 e. The Labute approximate surface area is 254 Å². The van der Waals surface area contributed by atoms with Crippen molar-refractivity contribution in [2.45, 2.75) is 40.8 Å². The van der Waals surface area contributed by atoms with Crippen LogP contribution in [0.4, 0.5) is 24.5 Å². The Kier molecular flexibility index (Phi) is 9.86. The molecule has 0 spiro atoms. The van der Waals surface area contributed by atoms with Crippen LogP contribution >= 0.6 is 45.2 Å². The number of alkyl halides is 3. The topological polar surface area (TPSA) is 150 Å². The van der Waals surface area contributed by atoms with Crippen molar-refractivity contribution in [3.63, 3.8) is 0 Å². The number of nitrogens with zero attached hydrogens (tertiary/aromatic N) is 3. The van der Waals surface area contributed by atoms with Crippen molar-refractivity contribution < 1.29 is 27.0 Å². The van der Waals surface area contributed by atoms with Gasteiger partial charge in [-0.1, -0.05) is 10.3 Å². The Hall–Kier alpha value is -3.15. The van der Waals surface area contributed by atoms with Crippen LogP contribution in [0.1, 0.15) is 28.7 Å². The number of benzene rings is 2. The Morgan fingerprint density at radius 2 is 1.32 bits per heavy atom. The molecule has 0 amide bonds. The van der Waals surface area contributed by atoms with Crippen LogP contribution in [-0.4, -0.2) is 32.7 Å². The molecule has 5 aromatic rings. The lowest BCUT2D eigenvalue weighted by Gasteiger charge is -2.07. The number of nitrogens with two attached hydrogens (primary N) is 2. The number of carbonyl (C=O) groups is 1. The minimum atomic E-state index is -4.64. The van der Waals surface area contributed by atoms with E-state index >= 15 is 0 Å². The third-order valence-corrected chi connectivity index (χ3v) is 7.31. The van der Waals surface area contributed by atoms with Crippen LogP contribution in [0.25, 0.3) is 33.3 Å². The molecule has 0 radical (unpaired) electrons. The second-order valence-corrected chi connectivity index (χ2v) is 11.0. The summed E-state index contributed by atoms with van der Waals surface area (Å²) in [4.78, 5) is 16.5. The average molecular weight is 780 g/mol. The fraction of sp³-hybridized carbons (Fsp3) is 0.231. The van der Waals surface area contributed by atoms with Gasteiger partial charge in [0, 0.05) is 18.3 Å². The van der Waals surface area contributed by atoms with Gasteiger partial charge in [0.15, 0.2) is 0 Å². The van der Waals surface area contributed by atoms with Gasteiger partial charge in [-0.15, -0.1) is 0 Å². The number of fused-ring (bicyclic) bond motifs is 1. The number of aromatic amines is 1. The monoisotopic (exact) mass is 780 g/mol. The molecule has 5 rings (SSSR count). The highest BCUT2D eigenvalue weighted by Crippen LogP contribution is 2.34. The van der Waals surface area contributed by atoms with E-state index in [9.17, 15) is 13.2 Å². The molecule has 40 heavy (non-hydrogen) atoms. The van der Waals surface area contributed by atoms with Crippen molar-refractivity contribution in [1.29, 1.82) is 0 Å². The number of carbonyl (C=O) groups excluding carboxylic acids is 1. The molecular weight excluding hydrogens is 755 g/mol. The molecule has 0 atom stereocenters. The second-order valence-electron chi connectivity index (χ2n) is 8.70. The van der Waals surface area contributed by atoms with Crippen LogP contribution in [0, 0.1) is 41.8 Å². The van der Waals surface area contributed by atoms with Gasteiger partial charge in [-0.2, -0.15) is 13.2 Å². The molecule has 14 heteroatoms. The lowest BCUT2D eigenvalue weighted by molar-refractivity contribution is -0.156. The number of hydrogen-bond donors (Lipinski definition) is 3. The normalized spacial score (nSPS) is 11.1. The molecule has 2 aromatic carbocycles. The van der Waals surface area contributed by atoms with Crippen molar-refractivity contribution >= 4 is 73.9 Å². The number of aromatic nitrogens is 4. The van der Waals surface area contributed by atoms with Crippen molar-refractivity contribution in [2.24, 2.45) is 0 Å². The Morgan fingerprint density at radius 3 is 1.75 bits per heavy atom. The van der Waals surface area contributed by atoms with E-state index in [1.807, 2.05) is 46.8 Å². The number of nitrogen functional groups attached to an aromatic ring is 2. The molecule has 0 bridgehead atoms. The number of aryl methyl sites for hydroxylation is 5. The van der Waals surface area contributed by atoms with E-state index in [1.165, 1.54) is 0 Å². The summed E-state index contributed by atoms with van der Waals surface area (Å²) in [6, 6.07) is 8.06. The first-order valence-electron chi connectivity index (χ1n) is 11.5. The highest BCUT2D eigenvalue weighted by atomic mass is 127. The summed E-state index contributed by atoms with van der Waals surface area (Å²) in [7, 11) is 0. The van der Waals surface area contributed by atoms with Gasteiger partial charge in [0.25, 0.3) is 0 Å². The summed E-state index contributed by atoms with van der Waals surface area (Å²) in [6.45, 7) is 9.65. The Bertz CT molecular complexity index is 1610. The SMILES string of the molecule is Cc1nc2c(I)cc(-c3c(C)noc3C)cc2[nH]1.Cc1noc(C)c1-c1cc(N)c(N)c(I)c1.O=CC(F)(F)F. The predicted octanol–water partition coefficient (Wildman–Crippen LogP) is 7.22. The van der Waals surface area contributed by atoms with Crippen molar-refractivity contribution in [2.75, 3.05) is 11.5 Å². The lowest BCUT2D eigenvalue weighted by Crippen LogP contribution is -2.07. The van der Waals surface area contributed by atoms with Crippen LogP contribution in [0.15, 0.2) is 33.3 Å². The number of nitrogens with one attached hydrogen (secondary N) is 1. The van der Waals surface area contributed by atoms with Gasteiger partial charge >= 0.3 is 6.18 Å². The molecule has 5 N–H and O–H groups in total. The van der Waals surface area contributed by atoms with Crippen molar-refractivity contribution in [1.82, 2.24) is 20.3 Å². The lowest BCUT2D eigenvalue weighted by atomic mass is 10.0. The first-order valence-corrected chi connectivity index (χ1v) is 13.7. The zero-order chi connectivity index (χ0) is 29.9. The molecule has 0 unspecified atom stereocenters. The van der Waals surface area contributed by atoms with E-state index in [1.54, 1.807) is 0 Å². The third kappa shape index (κ3) is 7.32. The first-order chi connectivity index (χ1) is 18.6. The van der Waals surface area contributed by atoms with Gasteiger partial charge < -0.3 is 25.5 Å². The number of H-pyrrole nitrogens is 1. The molecule has 3 heterocycles. The number of anilines is 2. The summed E-state index contributed by atoms with van der Waals surface area (Å²) in [6.07, 6.45) is -5.70. The fourth-order valence-corrected chi connectivity index (χ4v) is 5.31. The fourth-order valence-electron chi connectivity index (χ4n) is 3.92. The highest BCUT2D eigenvalue weighted by molar-refractivity contribution is 14.1. The number of imidazole rings is 1. The number of rotatable bonds is 2. The van der Waals surface area contributed by atoms with E-state index in [0.717, 1.165) is 69.2 Å². The molecule has 3 aromatic heterocycles. The Morgan fingerprint density at radius 1 is 0.850 bits per heavy atom. The number of aldehydes is 1. The van der Waals surface area contributed by atoms with Crippen molar-refractivity contribution in [3.05, 3.63) is 60.1 Å². The molecule has 9 nitrogen and oxygen atoms in total. The molecule has 0 aliphatic heterocycles. The molecule has 0 aliphatic rings. The standard InChI is InChI=1S/C13H12IN3O.C11H12IN3O.C2HF3O/c1-6-12(7(2)18-17-6)9-4-10(14)13-11(5-9)15-8(3)16-13;1-5-10(6(2)16-15-5)7-3-8(12)11(14)9(13)4-7;3-2(4,5)1-6/h4-5H,1-3H3,(H,15,16);3-4H,13-14H2,1-2H3;1H. The van der Waals surface area contributed by atoms with E-state index in [0.29, 0.717) is 11.4 Å². The summed E-state index contributed by atoms with van der Waals surface area (Å²) >= 11 is 4.48. The van der Waals surface area contributed by atoms with Crippen molar-refractivity contribution in [3.8, 4) is 22.3 Å². The van der Waals surface area contributed by atoms with Crippen LogP contribution in [0.3, 0.4) is 0 Å². The predicted molar refractivity (Wildman–Crippen MR) is 164 cm³/mol. The van der Waals surface area contributed by atoms with Crippen LogP contribution in [0.5, 0.6) is 0 Å². The second kappa shape index (κ2) is 12.6. The largest absolute Gasteiger partial charge is 0.446 e. The molecule has 0 saturated carbocycles. The summed E-state index contributed by atoms with van der Waals surface area (Å²) < 4.78 is 43.7. The maximum Gasteiger partial charge on any atom is 0.446 e. The van der Waals surface area contributed by atoms with E-state index in [4.69, 9.17) is 25.3 Å². The minimum Gasteiger partial charge on any atom is -0.397 e. The molecule has 212 valence electrons. The first kappa shape index (κ1) is 31.4. The van der Waals surface area contributed by atoms with Gasteiger partial charge in [0.1, 0.15) is 22.9 Å². The van der Waals surface area contributed by atoms with Crippen LogP contribution < -0.4 is 11.5 Å². The quantitative estimate of drug-likeness (QED) is 0.0966. The van der Waals surface area contributed by atoms with Crippen LogP contribution in [0.2, 0.25) is 0 Å². The van der Waals surface area contributed by atoms with E-state index in [2.05, 4.69) is 77.6 Å². The maximum absolute atomic E-state index is 10.4. The number of halogens is 5. The summed E-state index contributed by atoms with van der Waals surface area (Å²) in [5.41, 5.74) is 20.9. The van der Waals surface area contributed by atoms with Gasteiger partial charge in [-0.3, -0.25) is 4.79 Å². The minimum absolute atomic E-state index is 0.585. The molecule has 0 saturated heterocycles. The number of hydrogen-bond acceptors (Lipinski definition) is 8. The molecular formula is C26H25F3I2N6O3. The summed E-state index contributed by atoms with van der Waals surface area (Å²) in [5, 5.41) is 7.93. The van der Waals surface area contributed by atoms with E-state index in [-0.39, 0.29) is 0 Å². The van der Waals surface area contributed by atoms with E-state index < -0.39 is 12.5 Å². The van der Waals surface area contributed by atoms with Crippen LogP contribution in [-0.2, 0) is 4.79 Å². The zero-order valence-corrected chi connectivity index (χ0v) is 26.3. The van der Waals surface area contributed by atoms with Gasteiger partial charge in [0.05, 0.1) is 28.3 Å². The zero-order valence-electron chi connectivity index (χ0n) is 22.0. The maximum atomic E-state index is 10.4. The highest BCUT2D eigenvalue weighted by Gasteiger charge is 2.25. The molecule has 0 fully saturated rings. The average Bonchev–Trinajstić information content (AvgIpc) is 3.53. The van der Waals surface area contributed by atoms with Gasteiger partial charge in [-0.25, -0.2) is 4.98 Å². The third-order valence-electron chi connectivity index (χ3n) is 5.60. The van der Waals surface area contributed by atoms with Gasteiger partial charge in [0.2, 0.25) is 6.29 Å². The Balaban J connectivity index is 0.000000185.